The van der Waals surface area contributed by atoms with Gasteiger partial charge in [-0.15, -0.1) is 0 Å². The minimum atomic E-state index is -4.13. The summed E-state index contributed by atoms with van der Waals surface area (Å²) in [6.07, 6.45) is -3.34. The predicted octanol–water partition coefficient (Wildman–Crippen LogP) is 3.93. The number of carbonyl (C=O) groups excluding carboxylic acids is 1. The van der Waals surface area contributed by atoms with Crippen molar-refractivity contribution in [3.05, 3.63) is 28.8 Å². The van der Waals surface area contributed by atoms with Crippen molar-refractivity contribution in [3.63, 3.8) is 0 Å². The predicted molar refractivity (Wildman–Crippen MR) is 67.8 cm³/mol. The molecule has 0 aromatic heterocycles. The van der Waals surface area contributed by atoms with Crippen molar-refractivity contribution in [2.24, 2.45) is 5.92 Å². The molecular weight excluding hydrogens is 279 g/mol. The molecule has 0 unspecified atom stereocenters. The number of hydrogen-bond donors (Lipinski definition) is 0. The Morgan fingerprint density at radius 2 is 1.89 bits per heavy atom. The second-order valence-electron chi connectivity index (χ2n) is 4.62. The zero-order chi connectivity index (χ0) is 14.0. The maximum Gasteiger partial charge on any atom is 0.391 e. The number of piperidine rings is 1. The van der Waals surface area contributed by atoms with Crippen LogP contribution in [0.1, 0.15) is 23.2 Å². The van der Waals surface area contributed by atoms with Gasteiger partial charge in [0.15, 0.2) is 6.29 Å². The number of alkyl halides is 3. The molecule has 104 valence electrons. The molecule has 0 saturated carbocycles. The molecule has 1 saturated heterocycles. The molecule has 0 N–H and O–H groups in total. The number of anilines is 1. The van der Waals surface area contributed by atoms with Crippen LogP contribution in [0.5, 0.6) is 0 Å². The maximum absolute atomic E-state index is 12.6. The molecule has 0 radical (unpaired) electrons. The van der Waals surface area contributed by atoms with Gasteiger partial charge in [-0.1, -0.05) is 11.6 Å². The van der Waals surface area contributed by atoms with Crippen LogP contribution in [-0.4, -0.2) is 25.6 Å². The van der Waals surface area contributed by atoms with Gasteiger partial charge in [0.2, 0.25) is 0 Å². The molecule has 1 heterocycles. The van der Waals surface area contributed by atoms with E-state index in [4.69, 9.17) is 11.6 Å². The van der Waals surface area contributed by atoms with Gasteiger partial charge in [0.1, 0.15) is 0 Å². The summed E-state index contributed by atoms with van der Waals surface area (Å²) in [6, 6.07) is 4.80. The third kappa shape index (κ3) is 3.21. The average molecular weight is 292 g/mol. The van der Waals surface area contributed by atoms with Gasteiger partial charge in [-0.2, -0.15) is 13.2 Å². The molecule has 1 fully saturated rings. The van der Waals surface area contributed by atoms with Crippen LogP contribution >= 0.6 is 11.6 Å². The Balaban J connectivity index is 2.13. The van der Waals surface area contributed by atoms with E-state index in [1.165, 1.54) is 0 Å². The molecule has 2 rings (SSSR count). The highest BCUT2D eigenvalue weighted by atomic mass is 35.5. The minimum Gasteiger partial charge on any atom is -0.371 e. The molecule has 2 nitrogen and oxygen atoms in total. The topological polar surface area (TPSA) is 20.3 Å². The highest BCUT2D eigenvalue weighted by molar-refractivity contribution is 6.31. The van der Waals surface area contributed by atoms with Crippen LogP contribution in [0, 0.1) is 5.92 Å². The number of benzene rings is 1. The lowest BCUT2D eigenvalue weighted by atomic mass is 9.95. The molecule has 0 atom stereocenters. The molecule has 1 aromatic carbocycles. The molecule has 0 amide bonds. The van der Waals surface area contributed by atoms with Crippen LogP contribution in [-0.2, 0) is 0 Å². The summed E-state index contributed by atoms with van der Waals surface area (Å²) in [4.78, 5) is 12.7. The van der Waals surface area contributed by atoms with Crippen LogP contribution in [0.3, 0.4) is 0 Å². The minimum absolute atomic E-state index is 0.0499. The zero-order valence-electron chi connectivity index (χ0n) is 10.1. The third-order valence-corrected chi connectivity index (χ3v) is 3.65. The Bertz CT molecular complexity index is 467. The van der Waals surface area contributed by atoms with E-state index in [1.54, 1.807) is 23.1 Å². The lowest BCUT2D eigenvalue weighted by Crippen LogP contribution is -2.39. The van der Waals surface area contributed by atoms with Gasteiger partial charge in [-0.3, -0.25) is 4.79 Å². The van der Waals surface area contributed by atoms with Crippen LogP contribution in [0.25, 0.3) is 0 Å². The van der Waals surface area contributed by atoms with Gasteiger partial charge in [0.25, 0.3) is 0 Å². The smallest absolute Gasteiger partial charge is 0.371 e. The molecule has 19 heavy (non-hydrogen) atoms. The maximum atomic E-state index is 12.6. The van der Waals surface area contributed by atoms with Crippen molar-refractivity contribution in [2.45, 2.75) is 19.0 Å². The monoisotopic (exact) mass is 291 g/mol. The molecule has 1 aromatic rings. The van der Waals surface area contributed by atoms with Gasteiger partial charge in [-0.25, -0.2) is 0 Å². The number of hydrogen-bond acceptors (Lipinski definition) is 2. The summed E-state index contributed by atoms with van der Waals surface area (Å²) >= 11 is 5.87. The first-order chi connectivity index (χ1) is 8.91. The second kappa shape index (κ2) is 5.41. The van der Waals surface area contributed by atoms with E-state index in [1.807, 2.05) is 0 Å². The summed E-state index contributed by atoms with van der Waals surface area (Å²) in [5, 5.41) is 0.471. The summed E-state index contributed by atoms with van der Waals surface area (Å²) in [7, 11) is 0. The molecular formula is C13H13ClF3NO. The lowest BCUT2D eigenvalue weighted by Gasteiger charge is -2.35. The first kappa shape index (κ1) is 14.2. The van der Waals surface area contributed by atoms with Crippen LogP contribution in [0.2, 0.25) is 5.02 Å². The summed E-state index contributed by atoms with van der Waals surface area (Å²) in [5.74, 6) is -1.25. The van der Waals surface area contributed by atoms with Gasteiger partial charge >= 0.3 is 6.18 Å². The number of rotatable bonds is 2. The van der Waals surface area contributed by atoms with E-state index >= 15 is 0 Å². The highest BCUT2D eigenvalue weighted by Gasteiger charge is 2.41. The molecule has 0 bridgehead atoms. The fraction of sp³-hybridized carbons (Fsp3) is 0.462. The van der Waals surface area contributed by atoms with Crippen molar-refractivity contribution < 1.29 is 18.0 Å². The number of nitrogens with zero attached hydrogens (tertiary/aromatic N) is 1. The number of carbonyl (C=O) groups is 1. The zero-order valence-corrected chi connectivity index (χ0v) is 10.8. The van der Waals surface area contributed by atoms with E-state index < -0.39 is 12.1 Å². The second-order valence-corrected chi connectivity index (χ2v) is 5.06. The molecule has 1 aliphatic rings. The van der Waals surface area contributed by atoms with Crippen LogP contribution < -0.4 is 4.90 Å². The van der Waals surface area contributed by atoms with Crippen LogP contribution in [0.4, 0.5) is 18.9 Å². The fourth-order valence-corrected chi connectivity index (χ4v) is 2.50. The Labute approximate surface area is 114 Å². The van der Waals surface area contributed by atoms with Gasteiger partial charge in [-0.05, 0) is 31.0 Å². The van der Waals surface area contributed by atoms with Crippen molar-refractivity contribution >= 4 is 23.6 Å². The molecule has 0 aliphatic carbocycles. The average Bonchev–Trinajstić information content (AvgIpc) is 2.38. The third-order valence-electron chi connectivity index (χ3n) is 3.42. The standard InChI is InChI=1S/C13H13ClF3NO/c14-11-2-1-9(8-19)12(7-11)18-5-3-10(4-6-18)13(15,16)17/h1-2,7-8,10H,3-6H2. The summed E-state index contributed by atoms with van der Waals surface area (Å²) in [6.45, 7) is 0.566. The highest BCUT2D eigenvalue weighted by Crippen LogP contribution is 2.36. The van der Waals surface area contributed by atoms with Gasteiger partial charge in [0, 0.05) is 29.4 Å². The Kier molecular flexibility index (Phi) is 4.04. The lowest BCUT2D eigenvalue weighted by molar-refractivity contribution is -0.179. The van der Waals surface area contributed by atoms with Crippen LogP contribution in [0.15, 0.2) is 18.2 Å². The van der Waals surface area contributed by atoms with E-state index in [0.29, 0.717) is 22.6 Å². The van der Waals surface area contributed by atoms with E-state index in [0.717, 1.165) is 0 Å². The van der Waals surface area contributed by atoms with E-state index in [-0.39, 0.29) is 25.9 Å². The molecule has 1 aliphatic heterocycles. The largest absolute Gasteiger partial charge is 0.391 e. The summed E-state index contributed by atoms with van der Waals surface area (Å²) in [5.41, 5.74) is 1.07. The fourth-order valence-electron chi connectivity index (χ4n) is 2.34. The van der Waals surface area contributed by atoms with E-state index in [2.05, 4.69) is 0 Å². The van der Waals surface area contributed by atoms with E-state index in [9.17, 15) is 18.0 Å². The first-order valence-electron chi connectivity index (χ1n) is 5.98. The molecule has 0 spiro atoms. The van der Waals surface area contributed by atoms with Crippen molar-refractivity contribution in [1.29, 1.82) is 0 Å². The summed E-state index contributed by atoms with van der Waals surface area (Å²) < 4.78 is 37.8. The van der Waals surface area contributed by atoms with Gasteiger partial charge < -0.3 is 4.90 Å². The number of aldehydes is 1. The van der Waals surface area contributed by atoms with Crippen molar-refractivity contribution in [2.75, 3.05) is 18.0 Å². The SMILES string of the molecule is O=Cc1ccc(Cl)cc1N1CCC(C(F)(F)F)CC1. The normalized spacial score (nSPS) is 17.6. The molecule has 6 heteroatoms. The number of halogens is 4. The first-order valence-corrected chi connectivity index (χ1v) is 6.36. The van der Waals surface area contributed by atoms with Crippen molar-refractivity contribution in [3.8, 4) is 0 Å². The Morgan fingerprint density at radius 1 is 1.26 bits per heavy atom. The Hall–Kier alpha value is -1.23. The van der Waals surface area contributed by atoms with Crippen molar-refractivity contribution in [1.82, 2.24) is 0 Å². The Morgan fingerprint density at radius 3 is 2.42 bits per heavy atom. The van der Waals surface area contributed by atoms with Gasteiger partial charge in [0.05, 0.1) is 5.92 Å². The quantitative estimate of drug-likeness (QED) is 0.770.